The summed E-state index contributed by atoms with van der Waals surface area (Å²) in [7, 11) is 2.10. The Morgan fingerprint density at radius 1 is 1.44 bits per heavy atom. The molecule has 16 heavy (non-hydrogen) atoms. The third kappa shape index (κ3) is 5.28. The van der Waals surface area contributed by atoms with Gasteiger partial charge in [0.1, 0.15) is 0 Å². The van der Waals surface area contributed by atoms with Crippen molar-refractivity contribution in [3.63, 3.8) is 0 Å². The van der Waals surface area contributed by atoms with Crippen molar-refractivity contribution in [1.82, 2.24) is 10.2 Å². The van der Waals surface area contributed by atoms with Crippen LogP contribution in [0.1, 0.15) is 39.5 Å². The van der Waals surface area contributed by atoms with Gasteiger partial charge in [-0.05, 0) is 31.7 Å². The summed E-state index contributed by atoms with van der Waals surface area (Å²) in [6.45, 7) is 7.83. The molecule has 0 amide bonds. The van der Waals surface area contributed by atoms with Crippen LogP contribution in [0.4, 0.5) is 0 Å². The van der Waals surface area contributed by atoms with E-state index in [0.29, 0.717) is 5.41 Å². The maximum Gasteiger partial charge on any atom is 0.0558 e. The van der Waals surface area contributed by atoms with Crippen molar-refractivity contribution < 1.29 is 5.11 Å². The highest BCUT2D eigenvalue weighted by atomic mass is 16.3. The first-order chi connectivity index (χ1) is 7.59. The van der Waals surface area contributed by atoms with Gasteiger partial charge in [-0.2, -0.15) is 0 Å². The summed E-state index contributed by atoms with van der Waals surface area (Å²) >= 11 is 0. The van der Waals surface area contributed by atoms with Crippen molar-refractivity contribution in [3.05, 3.63) is 0 Å². The highest BCUT2D eigenvalue weighted by Crippen LogP contribution is 2.26. The predicted molar refractivity (Wildman–Crippen MR) is 68.6 cm³/mol. The SMILES string of the molecule is CCCC(C)(CNC1CC1)CN(C)CCO. The van der Waals surface area contributed by atoms with Crippen molar-refractivity contribution in [2.75, 3.05) is 33.3 Å². The zero-order valence-electron chi connectivity index (χ0n) is 11.1. The van der Waals surface area contributed by atoms with Gasteiger partial charge >= 0.3 is 0 Å². The van der Waals surface area contributed by atoms with E-state index < -0.39 is 0 Å². The molecule has 1 aliphatic carbocycles. The molecular weight excluding hydrogens is 200 g/mol. The van der Waals surface area contributed by atoms with Gasteiger partial charge in [0.25, 0.3) is 0 Å². The molecule has 0 spiro atoms. The van der Waals surface area contributed by atoms with E-state index in [1.54, 1.807) is 0 Å². The average molecular weight is 228 g/mol. The third-order valence-corrected chi connectivity index (χ3v) is 3.38. The van der Waals surface area contributed by atoms with E-state index in [2.05, 4.69) is 31.1 Å². The maximum atomic E-state index is 8.93. The number of likely N-dealkylation sites (N-methyl/N-ethyl adjacent to an activating group) is 1. The van der Waals surface area contributed by atoms with Crippen LogP contribution in [0.15, 0.2) is 0 Å². The van der Waals surface area contributed by atoms with Crippen LogP contribution in [0.2, 0.25) is 0 Å². The molecule has 1 unspecified atom stereocenters. The molecule has 1 rings (SSSR count). The summed E-state index contributed by atoms with van der Waals surface area (Å²) in [6.07, 6.45) is 5.20. The zero-order valence-corrected chi connectivity index (χ0v) is 11.1. The van der Waals surface area contributed by atoms with Crippen molar-refractivity contribution in [1.29, 1.82) is 0 Å². The first kappa shape index (κ1) is 13.9. The Morgan fingerprint density at radius 3 is 2.62 bits per heavy atom. The van der Waals surface area contributed by atoms with Crippen LogP contribution in [0.5, 0.6) is 0 Å². The normalized spacial score (nSPS) is 20.1. The average Bonchev–Trinajstić information content (AvgIpc) is 2.98. The predicted octanol–water partition coefficient (Wildman–Crippen LogP) is 1.47. The number of rotatable bonds is 9. The third-order valence-electron chi connectivity index (χ3n) is 3.38. The van der Waals surface area contributed by atoms with Crippen LogP contribution in [0.3, 0.4) is 0 Å². The molecule has 3 heteroatoms. The number of hydrogen-bond acceptors (Lipinski definition) is 3. The Bertz CT molecular complexity index is 194. The van der Waals surface area contributed by atoms with Crippen LogP contribution >= 0.6 is 0 Å². The van der Waals surface area contributed by atoms with Crippen LogP contribution in [0, 0.1) is 5.41 Å². The Morgan fingerprint density at radius 2 is 2.12 bits per heavy atom. The van der Waals surface area contributed by atoms with E-state index in [0.717, 1.165) is 25.7 Å². The molecule has 0 saturated heterocycles. The number of aliphatic hydroxyl groups is 1. The fraction of sp³-hybridized carbons (Fsp3) is 1.00. The van der Waals surface area contributed by atoms with E-state index in [1.165, 1.54) is 25.7 Å². The van der Waals surface area contributed by atoms with Gasteiger partial charge in [0, 0.05) is 25.7 Å². The van der Waals surface area contributed by atoms with Crippen LogP contribution in [0.25, 0.3) is 0 Å². The summed E-state index contributed by atoms with van der Waals surface area (Å²) in [5.74, 6) is 0. The first-order valence-corrected chi connectivity index (χ1v) is 6.62. The van der Waals surface area contributed by atoms with E-state index in [-0.39, 0.29) is 6.61 Å². The van der Waals surface area contributed by atoms with Gasteiger partial charge in [-0.3, -0.25) is 0 Å². The Balaban J connectivity index is 2.34. The number of nitrogens with zero attached hydrogens (tertiary/aromatic N) is 1. The van der Waals surface area contributed by atoms with Crippen molar-refractivity contribution in [2.45, 2.75) is 45.6 Å². The van der Waals surface area contributed by atoms with Gasteiger partial charge in [0.05, 0.1) is 6.61 Å². The Hall–Kier alpha value is -0.120. The fourth-order valence-corrected chi connectivity index (χ4v) is 2.41. The van der Waals surface area contributed by atoms with E-state index in [1.807, 2.05) is 0 Å². The minimum absolute atomic E-state index is 0.259. The number of nitrogens with one attached hydrogen (secondary N) is 1. The lowest BCUT2D eigenvalue weighted by Gasteiger charge is -2.34. The van der Waals surface area contributed by atoms with Gasteiger partial charge in [-0.25, -0.2) is 0 Å². The largest absolute Gasteiger partial charge is 0.395 e. The topological polar surface area (TPSA) is 35.5 Å². The Labute approximate surface area is 100 Å². The summed E-state index contributed by atoms with van der Waals surface area (Å²) in [5, 5.41) is 12.6. The molecule has 1 saturated carbocycles. The molecule has 0 bridgehead atoms. The van der Waals surface area contributed by atoms with Gasteiger partial charge in [-0.1, -0.05) is 20.3 Å². The lowest BCUT2D eigenvalue weighted by Crippen LogP contribution is -2.42. The highest BCUT2D eigenvalue weighted by molar-refractivity contribution is 4.86. The van der Waals surface area contributed by atoms with Crippen LogP contribution < -0.4 is 5.32 Å². The fourth-order valence-electron chi connectivity index (χ4n) is 2.41. The molecule has 1 fully saturated rings. The molecule has 96 valence electrons. The van der Waals surface area contributed by atoms with Crippen molar-refractivity contribution in [3.8, 4) is 0 Å². The first-order valence-electron chi connectivity index (χ1n) is 6.62. The molecule has 0 radical (unpaired) electrons. The minimum Gasteiger partial charge on any atom is -0.395 e. The molecule has 1 aliphatic rings. The molecule has 1 atom stereocenters. The van der Waals surface area contributed by atoms with Crippen molar-refractivity contribution >= 4 is 0 Å². The van der Waals surface area contributed by atoms with Gasteiger partial charge in [-0.15, -0.1) is 0 Å². The van der Waals surface area contributed by atoms with E-state index in [4.69, 9.17) is 5.11 Å². The maximum absolute atomic E-state index is 8.93. The zero-order chi connectivity index (χ0) is 12.0. The second-order valence-electron chi connectivity index (χ2n) is 5.68. The smallest absolute Gasteiger partial charge is 0.0558 e. The van der Waals surface area contributed by atoms with E-state index in [9.17, 15) is 0 Å². The molecule has 2 N–H and O–H groups in total. The van der Waals surface area contributed by atoms with Gasteiger partial charge in [0.2, 0.25) is 0 Å². The summed E-state index contributed by atoms with van der Waals surface area (Å²) in [4.78, 5) is 2.24. The van der Waals surface area contributed by atoms with Crippen molar-refractivity contribution in [2.24, 2.45) is 5.41 Å². The van der Waals surface area contributed by atoms with E-state index >= 15 is 0 Å². The number of aliphatic hydroxyl groups excluding tert-OH is 1. The van der Waals surface area contributed by atoms with Crippen LogP contribution in [-0.2, 0) is 0 Å². The lowest BCUT2D eigenvalue weighted by atomic mass is 9.85. The molecule has 3 nitrogen and oxygen atoms in total. The molecule has 0 aliphatic heterocycles. The molecule has 0 aromatic carbocycles. The summed E-state index contributed by atoms with van der Waals surface area (Å²) < 4.78 is 0. The standard InChI is InChI=1S/C13H28N2O/c1-4-7-13(2,10-14-12-5-6-12)11-15(3)8-9-16/h12,14,16H,4-11H2,1-3H3. The lowest BCUT2D eigenvalue weighted by molar-refractivity contribution is 0.147. The molecule has 0 aromatic rings. The summed E-state index contributed by atoms with van der Waals surface area (Å²) in [6, 6.07) is 0.791. The number of hydrogen-bond donors (Lipinski definition) is 2. The minimum atomic E-state index is 0.259. The van der Waals surface area contributed by atoms with Crippen LogP contribution in [-0.4, -0.2) is 49.3 Å². The highest BCUT2D eigenvalue weighted by Gasteiger charge is 2.28. The Kier molecular flexibility index (Phi) is 5.73. The monoisotopic (exact) mass is 228 g/mol. The molecule has 0 aromatic heterocycles. The second kappa shape index (κ2) is 6.58. The second-order valence-corrected chi connectivity index (χ2v) is 5.68. The van der Waals surface area contributed by atoms with Gasteiger partial charge < -0.3 is 15.3 Å². The van der Waals surface area contributed by atoms with Gasteiger partial charge in [0.15, 0.2) is 0 Å². The molecule has 0 heterocycles. The quantitative estimate of drug-likeness (QED) is 0.627. The molecular formula is C13H28N2O. The summed E-state index contributed by atoms with van der Waals surface area (Å²) in [5.41, 5.74) is 0.348.